The van der Waals surface area contributed by atoms with E-state index in [9.17, 15) is 9.59 Å². The number of benzene rings is 1. The van der Waals surface area contributed by atoms with Crippen LogP contribution in [0.4, 0.5) is 0 Å². The molecule has 0 bridgehead atoms. The second-order valence-electron chi connectivity index (χ2n) is 5.13. The average molecular weight is 337 g/mol. The number of fused-ring (bicyclic) bond motifs is 1. The topological polar surface area (TPSA) is 82.2 Å². The Morgan fingerprint density at radius 2 is 2.05 bits per heavy atom. The van der Waals surface area contributed by atoms with Gasteiger partial charge in [0.15, 0.2) is 0 Å². The van der Waals surface area contributed by atoms with Crippen LogP contribution < -0.4 is 5.32 Å². The molecule has 0 saturated heterocycles. The zero-order chi connectivity index (χ0) is 14.3. The number of H-pyrrole nitrogens is 1. The molecule has 104 valence electrons. The summed E-state index contributed by atoms with van der Waals surface area (Å²) in [5.41, 5.74) is 0.532. The van der Waals surface area contributed by atoms with Gasteiger partial charge in [0.1, 0.15) is 5.69 Å². The fraction of sp³-hybridized carbons (Fsp3) is 0.286. The smallest absolute Gasteiger partial charge is 0.311 e. The summed E-state index contributed by atoms with van der Waals surface area (Å²) in [6.45, 7) is 0.170. The Morgan fingerprint density at radius 3 is 2.65 bits per heavy atom. The van der Waals surface area contributed by atoms with Gasteiger partial charge in [-0.2, -0.15) is 0 Å². The van der Waals surface area contributed by atoms with Crippen molar-refractivity contribution < 1.29 is 14.7 Å². The van der Waals surface area contributed by atoms with Crippen molar-refractivity contribution >= 4 is 38.7 Å². The Morgan fingerprint density at radius 1 is 1.35 bits per heavy atom. The molecule has 3 rings (SSSR count). The number of amides is 1. The summed E-state index contributed by atoms with van der Waals surface area (Å²) in [6, 6.07) is 7.58. The van der Waals surface area contributed by atoms with Crippen LogP contribution >= 0.6 is 15.9 Å². The number of hydrogen-bond donors (Lipinski definition) is 3. The minimum Gasteiger partial charge on any atom is -0.481 e. The second-order valence-corrected chi connectivity index (χ2v) is 5.92. The molecule has 6 heteroatoms. The zero-order valence-corrected chi connectivity index (χ0v) is 12.2. The van der Waals surface area contributed by atoms with Gasteiger partial charge in [-0.1, -0.05) is 18.2 Å². The highest BCUT2D eigenvalue weighted by Gasteiger charge is 2.50. The highest BCUT2D eigenvalue weighted by Crippen LogP contribution is 2.45. The van der Waals surface area contributed by atoms with E-state index in [0.717, 1.165) is 10.9 Å². The van der Waals surface area contributed by atoms with Crippen molar-refractivity contribution in [1.82, 2.24) is 10.3 Å². The molecule has 2 aromatic rings. The van der Waals surface area contributed by atoms with E-state index in [1.807, 2.05) is 24.3 Å². The van der Waals surface area contributed by atoms with E-state index in [2.05, 4.69) is 26.2 Å². The second kappa shape index (κ2) is 4.63. The van der Waals surface area contributed by atoms with Crippen molar-refractivity contribution in [2.24, 2.45) is 5.41 Å². The normalized spacial score (nSPS) is 16.1. The van der Waals surface area contributed by atoms with Crippen molar-refractivity contribution in [3.8, 4) is 0 Å². The summed E-state index contributed by atoms with van der Waals surface area (Å²) in [4.78, 5) is 26.3. The lowest BCUT2D eigenvalue weighted by Crippen LogP contribution is -2.34. The van der Waals surface area contributed by atoms with Crippen LogP contribution in [0.3, 0.4) is 0 Å². The average Bonchev–Trinajstić information content (AvgIpc) is 3.16. The first-order valence-electron chi connectivity index (χ1n) is 6.31. The molecule has 5 nitrogen and oxygen atoms in total. The van der Waals surface area contributed by atoms with Crippen molar-refractivity contribution in [2.75, 3.05) is 6.54 Å². The summed E-state index contributed by atoms with van der Waals surface area (Å²) < 4.78 is 0.700. The Hall–Kier alpha value is -1.82. The number of carboxylic acid groups (broad SMARTS) is 1. The summed E-state index contributed by atoms with van der Waals surface area (Å²) in [7, 11) is 0. The molecule has 0 spiro atoms. The number of aromatic nitrogens is 1. The van der Waals surface area contributed by atoms with Crippen LogP contribution in [0.2, 0.25) is 0 Å². The number of carbonyl (C=O) groups excluding carboxylic acids is 1. The monoisotopic (exact) mass is 336 g/mol. The molecule has 1 amide bonds. The van der Waals surface area contributed by atoms with Gasteiger partial charge in [0.2, 0.25) is 0 Å². The first-order valence-corrected chi connectivity index (χ1v) is 7.11. The standard InChI is InChI=1S/C14H13BrN2O3/c15-10-8-3-1-2-4-9(8)17-11(10)12(18)16-7-14(5-6-14)13(19)20/h1-4,17H,5-7H2,(H,16,18)(H,19,20). The summed E-state index contributed by atoms with van der Waals surface area (Å²) in [5.74, 6) is -1.13. The van der Waals surface area contributed by atoms with E-state index in [4.69, 9.17) is 5.11 Å². The maximum atomic E-state index is 12.2. The zero-order valence-electron chi connectivity index (χ0n) is 10.6. The molecule has 1 saturated carbocycles. The van der Waals surface area contributed by atoms with E-state index < -0.39 is 11.4 Å². The van der Waals surface area contributed by atoms with Crippen LogP contribution in [0.25, 0.3) is 10.9 Å². The number of carbonyl (C=O) groups is 2. The minimum atomic E-state index is -0.839. The van der Waals surface area contributed by atoms with Crippen LogP contribution in [0.15, 0.2) is 28.7 Å². The first kappa shape index (κ1) is 13.2. The molecular formula is C14H13BrN2O3. The Balaban J connectivity index is 1.79. The van der Waals surface area contributed by atoms with Gasteiger partial charge in [0.25, 0.3) is 5.91 Å². The van der Waals surface area contributed by atoms with Crippen molar-refractivity contribution in [3.63, 3.8) is 0 Å². The fourth-order valence-electron chi connectivity index (χ4n) is 2.22. The van der Waals surface area contributed by atoms with Crippen molar-refractivity contribution in [3.05, 3.63) is 34.4 Å². The van der Waals surface area contributed by atoms with Crippen LogP contribution in [0, 0.1) is 5.41 Å². The fourth-order valence-corrected chi connectivity index (χ4v) is 2.84. The Labute approximate surface area is 123 Å². The molecule has 0 aliphatic heterocycles. The molecule has 1 aromatic carbocycles. The molecule has 1 aliphatic rings. The molecule has 1 fully saturated rings. The van der Waals surface area contributed by atoms with Crippen molar-refractivity contribution in [2.45, 2.75) is 12.8 Å². The van der Waals surface area contributed by atoms with Gasteiger partial charge in [0, 0.05) is 17.4 Å². The van der Waals surface area contributed by atoms with Crippen LogP contribution in [-0.2, 0) is 4.79 Å². The number of carboxylic acids is 1. The van der Waals surface area contributed by atoms with Gasteiger partial charge in [-0.25, -0.2) is 0 Å². The molecule has 1 aromatic heterocycles. The molecule has 0 unspecified atom stereocenters. The molecule has 0 atom stereocenters. The Kier molecular flexibility index (Phi) is 3.05. The van der Waals surface area contributed by atoms with Crippen LogP contribution in [0.1, 0.15) is 23.3 Å². The molecular weight excluding hydrogens is 324 g/mol. The predicted molar refractivity (Wildman–Crippen MR) is 77.6 cm³/mol. The van der Waals surface area contributed by atoms with E-state index in [-0.39, 0.29) is 12.5 Å². The number of nitrogens with one attached hydrogen (secondary N) is 2. The third-order valence-electron chi connectivity index (χ3n) is 3.76. The van der Waals surface area contributed by atoms with E-state index in [1.165, 1.54) is 0 Å². The molecule has 1 heterocycles. The van der Waals surface area contributed by atoms with Crippen molar-refractivity contribution in [1.29, 1.82) is 0 Å². The minimum absolute atomic E-state index is 0.170. The maximum absolute atomic E-state index is 12.2. The first-order chi connectivity index (χ1) is 9.53. The highest BCUT2D eigenvalue weighted by atomic mass is 79.9. The SMILES string of the molecule is O=C(NCC1(C(=O)O)CC1)c1[nH]c2ccccc2c1Br. The lowest BCUT2D eigenvalue weighted by atomic mass is 10.1. The summed E-state index contributed by atoms with van der Waals surface area (Å²) in [6.07, 6.45) is 1.24. The van der Waals surface area contributed by atoms with Gasteiger partial charge in [-0.05, 0) is 34.8 Å². The van der Waals surface area contributed by atoms with Gasteiger partial charge < -0.3 is 15.4 Å². The predicted octanol–water partition coefficient (Wildman–Crippen LogP) is 2.53. The number of rotatable bonds is 4. The number of para-hydroxylation sites is 1. The largest absolute Gasteiger partial charge is 0.481 e. The van der Waals surface area contributed by atoms with E-state index >= 15 is 0 Å². The Bertz CT molecular complexity index is 704. The van der Waals surface area contributed by atoms with E-state index in [1.54, 1.807) is 0 Å². The number of aromatic amines is 1. The van der Waals surface area contributed by atoms with E-state index in [0.29, 0.717) is 23.0 Å². The molecule has 1 aliphatic carbocycles. The maximum Gasteiger partial charge on any atom is 0.311 e. The van der Waals surface area contributed by atoms with Gasteiger partial charge in [0.05, 0.1) is 9.89 Å². The third-order valence-corrected chi connectivity index (χ3v) is 4.59. The highest BCUT2D eigenvalue weighted by molar-refractivity contribution is 9.10. The molecule has 20 heavy (non-hydrogen) atoms. The van der Waals surface area contributed by atoms with Gasteiger partial charge >= 0.3 is 5.97 Å². The van der Waals surface area contributed by atoms with Crippen LogP contribution in [-0.4, -0.2) is 28.5 Å². The third kappa shape index (κ3) is 2.10. The molecule has 3 N–H and O–H groups in total. The number of aliphatic carboxylic acids is 1. The van der Waals surface area contributed by atoms with Crippen LogP contribution in [0.5, 0.6) is 0 Å². The van der Waals surface area contributed by atoms with Gasteiger partial charge in [-0.3, -0.25) is 9.59 Å². The number of hydrogen-bond acceptors (Lipinski definition) is 2. The lowest BCUT2D eigenvalue weighted by Gasteiger charge is -2.10. The van der Waals surface area contributed by atoms with Gasteiger partial charge in [-0.15, -0.1) is 0 Å². The number of halogens is 1. The lowest BCUT2D eigenvalue weighted by molar-refractivity contribution is -0.143. The summed E-state index contributed by atoms with van der Waals surface area (Å²) >= 11 is 3.41. The summed E-state index contributed by atoms with van der Waals surface area (Å²) in [5, 5.41) is 12.7. The quantitative estimate of drug-likeness (QED) is 0.802. The molecule has 0 radical (unpaired) electrons.